The van der Waals surface area contributed by atoms with Crippen LogP contribution in [0.15, 0.2) is 10.3 Å². The van der Waals surface area contributed by atoms with Crippen molar-refractivity contribution in [2.45, 2.75) is 45.4 Å². The molecule has 1 amide bonds. The number of nitrogens with one attached hydrogen (secondary N) is 2. The molecular weight excluding hydrogens is 428 g/mol. The lowest BCUT2D eigenvalue weighted by Gasteiger charge is -2.30. The van der Waals surface area contributed by atoms with Crippen LogP contribution in [0.2, 0.25) is 0 Å². The first-order valence-electron chi connectivity index (χ1n) is 9.74. The molecule has 1 saturated heterocycles. The van der Waals surface area contributed by atoms with E-state index in [1.54, 1.807) is 20.8 Å². The summed E-state index contributed by atoms with van der Waals surface area (Å²) >= 11 is 1.36. The van der Waals surface area contributed by atoms with Gasteiger partial charge in [-0.25, -0.2) is 18.2 Å². The van der Waals surface area contributed by atoms with Crippen LogP contribution in [0.3, 0.4) is 0 Å². The van der Waals surface area contributed by atoms with E-state index >= 15 is 0 Å². The number of sulfonamides is 1. The second-order valence-corrected chi connectivity index (χ2v) is 9.99. The smallest absolute Gasteiger partial charge is 0.341 e. The number of carbonyl (C=O) groups is 2. The maximum atomic E-state index is 13.3. The van der Waals surface area contributed by atoms with Gasteiger partial charge in [-0.2, -0.15) is 4.31 Å². The molecule has 0 bridgehead atoms. The number of ether oxygens (including phenoxy) is 1. The van der Waals surface area contributed by atoms with Crippen LogP contribution < -0.4 is 5.32 Å². The predicted octanol–water partition coefficient (Wildman–Crippen LogP) is 2.61. The van der Waals surface area contributed by atoms with E-state index in [1.165, 1.54) is 15.6 Å². The van der Waals surface area contributed by atoms with E-state index in [0.717, 1.165) is 5.69 Å². The standard InChI is InChI=1S/C19H26N4O5S2/c1-5-28-18(25)15-12(3)21-13(4)16(15)30(26,27)23-8-6-14(7-9-23)17(24)22-19-20-11(2)10-29-19/h10,14,21H,5-9H2,1-4H3,(H,20,22,24). The number of piperidine rings is 1. The van der Waals surface area contributed by atoms with Gasteiger partial charge in [0, 0.05) is 35.8 Å². The number of aromatic amines is 1. The second kappa shape index (κ2) is 8.86. The van der Waals surface area contributed by atoms with Gasteiger partial charge in [0.05, 0.1) is 12.3 Å². The Kier molecular flexibility index (Phi) is 6.63. The van der Waals surface area contributed by atoms with Gasteiger partial charge in [-0.15, -0.1) is 11.3 Å². The quantitative estimate of drug-likeness (QED) is 0.647. The largest absolute Gasteiger partial charge is 0.462 e. The molecule has 0 unspecified atom stereocenters. The van der Waals surface area contributed by atoms with Crippen molar-refractivity contribution in [3.8, 4) is 0 Å². The third-order valence-electron chi connectivity index (χ3n) is 5.07. The minimum atomic E-state index is -3.91. The summed E-state index contributed by atoms with van der Waals surface area (Å²) in [5, 5.41) is 5.20. The SMILES string of the molecule is CCOC(=O)c1c(C)[nH]c(C)c1S(=O)(=O)N1CCC(C(=O)Nc2nc(C)cs2)CC1. The van der Waals surface area contributed by atoms with Crippen LogP contribution in [-0.2, 0) is 19.6 Å². The normalized spacial score (nSPS) is 15.9. The fraction of sp³-hybridized carbons (Fsp3) is 0.526. The van der Waals surface area contributed by atoms with E-state index in [-0.39, 0.29) is 42.0 Å². The number of H-pyrrole nitrogens is 1. The molecule has 1 fully saturated rings. The van der Waals surface area contributed by atoms with E-state index in [2.05, 4.69) is 15.3 Å². The highest BCUT2D eigenvalue weighted by Gasteiger charge is 2.37. The van der Waals surface area contributed by atoms with Gasteiger partial charge >= 0.3 is 5.97 Å². The van der Waals surface area contributed by atoms with Gasteiger partial charge in [0.25, 0.3) is 0 Å². The number of hydrogen-bond donors (Lipinski definition) is 2. The number of hydrogen-bond acceptors (Lipinski definition) is 7. The van der Waals surface area contributed by atoms with Crippen LogP contribution in [0, 0.1) is 26.7 Å². The molecule has 30 heavy (non-hydrogen) atoms. The molecule has 2 N–H and O–H groups in total. The average molecular weight is 455 g/mol. The highest BCUT2D eigenvalue weighted by molar-refractivity contribution is 7.89. The number of rotatable bonds is 6. The number of esters is 1. The monoisotopic (exact) mass is 454 g/mol. The molecule has 3 rings (SSSR count). The van der Waals surface area contributed by atoms with Crippen molar-refractivity contribution in [3.63, 3.8) is 0 Å². The molecule has 0 saturated carbocycles. The van der Waals surface area contributed by atoms with Crippen LogP contribution in [0.4, 0.5) is 5.13 Å². The summed E-state index contributed by atoms with van der Waals surface area (Å²) in [5.41, 5.74) is 1.74. The Balaban J connectivity index is 1.74. The first-order valence-corrected chi connectivity index (χ1v) is 12.1. The Labute approximate surface area is 179 Å². The van der Waals surface area contributed by atoms with E-state index < -0.39 is 16.0 Å². The van der Waals surface area contributed by atoms with Crippen LogP contribution in [0.5, 0.6) is 0 Å². The summed E-state index contributed by atoms with van der Waals surface area (Å²) in [6, 6.07) is 0. The van der Waals surface area contributed by atoms with E-state index in [1.807, 2.05) is 12.3 Å². The lowest BCUT2D eigenvalue weighted by molar-refractivity contribution is -0.120. The number of nitrogens with zero attached hydrogens (tertiary/aromatic N) is 2. The molecule has 0 aromatic carbocycles. The average Bonchev–Trinajstić information content (AvgIpc) is 3.23. The minimum absolute atomic E-state index is 0.0420. The molecule has 1 aliphatic rings. The van der Waals surface area contributed by atoms with Crippen molar-refractivity contribution in [3.05, 3.63) is 28.0 Å². The number of aromatic nitrogens is 2. The van der Waals surface area contributed by atoms with Crippen molar-refractivity contribution in [2.24, 2.45) is 5.92 Å². The summed E-state index contributed by atoms with van der Waals surface area (Å²) < 4.78 is 33.0. The molecule has 0 radical (unpaired) electrons. The zero-order chi connectivity index (χ0) is 22.1. The second-order valence-electron chi connectivity index (χ2n) is 7.26. The molecule has 1 aliphatic heterocycles. The van der Waals surface area contributed by atoms with Crippen LogP contribution in [-0.4, -0.2) is 54.3 Å². The highest BCUT2D eigenvalue weighted by Crippen LogP contribution is 2.31. The van der Waals surface area contributed by atoms with Crippen molar-refractivity contribution < 1.29 is 22.7 Å². The zero-order valence-corrected chi connectivity index (χ0v) is 19.1. The third kappa shape index (κ3) is 4.42. The van der Waals surface area contributed by atoms with Crippen LogP contribution >= 0.6 is 11.3 Å². The molecule has 2 aromatic heterocycles. The Morgan fingerprint density at radius 3 is 2.50 bits per heavy atom. The fourth-order valence-corrected chi connectivity index (χ4v) is 6.21. The summed E-state index contributed by atoms with van der Waals surface area (Å²) in [6.45, 7) is 7.34. The van der Waals surface area contributed by atoms with Gasteiger partial charge in [-0.1, -0.05) is 0 Å². The van der Waals surface area contributed by atoms with E-state index in [9.17, 15) is 18.0 Å². The first-order chi connectivity index (χ1) is 14.1. The molecule has 11 heteroatoms. The van der Waals surface area contributed by atoms with Gasteiger partial charge in [-0.3, -0.25) is 4.79 Å². The Morgan fingerprint density at radius 2 is 1.93 bits per heavy atom. The van der Waals surface area contributed by atoms with Crippen LogP contribution in [0.1, 0.15) is 47.2 Å². The summed E-state index contributed by atoms with van der Waals surface area (Å²) in [7, 11) is -3.91. The lowest BCUT2D eigenvalue weighted by Crippen LogP contribution is -2.41. The topological polar surface area (TPSA) is 121 Å². The van der Waals surface area contributed by atoms with Crippen molar-refractivity contribution in [1.29, 1.82) is 0 Å². The lowest BCUT2D eigenvalue weighted by atomic mass is 9.97. The molecule has 0 spiro atoms. The Bertz CT molecular complexity index is 1050. The van der Waals surface area contributed by atoms with Gasteiger partial charge in [-0.05, 0) is 40.5 Å². The minimum Gasteiger partial charge on any atom is -0.462 e. The number of anilines is 1. The van der Waals surface area contributed by atoms with Gasteiger partial charge in [0.15, 0.2) is 5.13 Å². The van der Waals surface area contributed by atoms with E-state index in [0.29, 0.717) is 29.4 Å². The Hall–Kier alpha value is -2.24. The molecule has 0 aliphatic carbocycles. The summed E-state index contributed by atoms with van der Waals surface area (Å²) in [5.74, 6) is -1.10. The number of carbonyl (C=O) groups excluding carboxylic acids is 2. The highest BCUT2D eigenvalue weighted by atomic mass is 32.2. The summed E-state index contributed by atoms with van der Waals surface area (Å²) in [4.78, 5) is 32.0. The molecule has 9 nitrogen and oxygen atoms in total. The maximum Gasteiger partial charge on any atom is 0.341 e. The number of amides is 1. The zero-order valence-electron chi connectivity index (χ0n) is 17.4. The predicted molar refractivity (Wildman–Crippen MR) is 113 cm³/mol. The molecular formula is C19H26N4O5S2. The maximum absolute atomic E-state index is 13.3. The number of thiazole rings is 1. The molecule has 164 valence electrons. The fourth-order valence-electron chi connectivity index (χ4n) is 3.64. The van der Waals surface area contributed by atoms with Gasteiger partial charge in [0.1, 0.15) is 10.5 Å². The van der Waals surface area contributed by atoms with E-state index in [4.69, 9.17) is 4.74 Å². The van der Waals surface area contributed by atoms with Crippen molar-refractivity contribution in [2.75, 3.05) is 25.0 Å². The van der Waals surface area contributed by atoms with Gasteiger partial charge < -0.3 is 15.0 Å². The third-order valence-corrected chi connectivity index (χ3v) is 8.02. The van der Waals surface area contributed by atoms with Crippen molar-refractivity contribution >= 4 is 38.4 Å². The number of aryl methyl sites for hydroxylation is 3. The van der Waals surface area contributed by atoms with Gasteiger partial charge in [0.2, 0.25) is 15.9 Å². The van der Waals surface area contributed by atoms with Crippen molar-refractivity contribution in [1.82, 2.24) is 14.3 Å². The molecule has 0 atom stereocenters. The first kappa shape index (κ1) is 22.4. The Morgan fingerprint density at radius 1 is 1.27 bits per heavy atom. The summed E-state index contributed by atoms with van der Waals surface area (Å²) in [6.07, 6.45) is 0.791. The molecule has 2 aromatic rings. The van der Waals surface area contributed by atoms with Crippen LogP contribution in [0.25, 0.3) is 0 Å². The molecule has 3 heterocycles.